The number of nitrogens with zero attached hydrogens (tertiary/aromatic N) is 2. The van der Waals surface area contributed by atoms with E-state index in [1.54, 1.807) is 24.3 Å². The van der Waals surface area contributed by atoms with Gasteiger partial charge in [-0.1, -0.05) is 28.2 Å². The number of alkyl halides is 1. The van der Waals surface area contributed by atoms with E-state index < -0.39 is 11.6 Å². The highest BCUT2D eigenvalue weighted by Gasteiger charge is 2.16. The van der Waals surface area contributed by atoms with E-state index in [0.29, 0.717) is 11.3 Å². The van der Waals surface area contributed by atoms with Gasteiger partial charge in [0.2, 0.25) is 5.69 Å². The summed E-state index contributed by atoms with van der Waals surface area (Å²) >= 11 is 0. The molecule has 1 heterocycles. The van der Waals surface area contributed by atoms with E-state index in [1.165, 1.54) is 13.8 Å². The molecule has 2 rings (SSSR count). The summed E-state index contributed by atoms with van der Waals surface area (Å²) < 4.78 is 18.7. The molecule has 1 aromatic heterocycles. The van der Waals surface area contributed by atoms with E-state index in [-0.39, 0.29) is 18.0 Å². The average molecular weight is 303 g/mol. The number of rotatable bonds is 4. The van der Waals surface area contributed by atoms with E-state index in [0.717, 1.165) is 0 Å². The third kappa shape index (κ3) is 4.31. The maximum atomic E-state index is 13.3. The number of benzene rings is 1. The predicted molar refractivity (Wildman–Crippen MR) is 76.5 cm³/mol. The molecule has 0 aliphatic rings. The molecular formula is C15H14FN3O3. The van der Waals surface area contributed by atoms with Crippen LogP contribution in [0.25, 0.3) is 0 Å². The first-order valence-corrected chi connectivity index (χ1v) is 6.45. The molecule has 0 saturated heterocycles. The highest BCUT2D eigenvalue weighted by atomic mass is 19.1. The van der Waals surface area contributed by atoms with Crippen LogP contribution in [0.15, 0.2) is 24.3 Å². The molecule has 0 saturated carbocycles. The quantitative estimate of drug-likeness (QED) is 0.848. The van der Waals surface area contributed by atoms with E-state index in [4.69, 9.17) is 9.84 Å². The fraction of sp³-hybridized carbons (Fsp3) is 0.267. The highest BCUT2D eigenvalue weighted by Crippen LogP contribution is 2.22. The van der Waals surface area contributed by atoms with Gasteiger partial charge in [-0.3, -0.25) is 0 Å². The van der Waals surface area contributed by atoms with Crippen LogP contribution in [0, 0.1) is 11.8 Å². The molecule has 22 heavy (non-hydrogen) atoms. The lowest BCUT2D eigenvalue weighted by atomic mass is 10.1. The number of carbonyl (C=O) groups is 1. The molecule has 0 amide bonds. The van der Waals surface area contributed by atoms with Gasteiger partial charge in [-0.2, -0.15) is 0 Å². The lowest BCUT2D eigenvalue weighted by Gasteiger charge is -2.07. The van der Waals surface area contributed by atoms with Crippen LogP contribution < -0.4 is 4.74 Å². The van der Waals surface area contributed by atoms with Crippen LogP contribution in [-0.4, -0.2) is 32.2 Å². The van der Waals surface area contributed by atoms with Gasteiger partial charge in [0.1, 0.15) is 11.4 Å². The Morgan fingerprint density at radius 1 is 1.50 bits per heavy atom. The Morgan fingerprint density at radius 2 is 2.27 bits per heavy atom. The van der Waals surface area contributed by atoms with Crippen molar-refractivity contribution >= 4 is 5.97 Å². The van der Waals surface area contributed by atoms with Gasteiger partial charge >= 0.3 is 5.97 Å². The average Bonchev–Trinajstić information content (AvgIpc) is 2.86. The topological polar surface area (TPSA) is 88.1 Å². The molecule has 0 unspecified atom stereocenters. The number of halogens is 1. The van der Waals surface area contributed by atoms with Crippen molar-refractivity contribution in [1.29, 1.82) is 0 Å². The minimum absolute atomic E-state index is 0.116. The largest absolute Gasteiger partial charge is 0.476 e. The summed E-state index contributed by atoms with van der Waals surface area (Å²) in [5.41, 5.74) is -0.962. The second-order valence-corrected chi connectivity index (χ2v) is 5.12. The monoisotopic (exact) mass is 303 g/mol. The fourth-order valence-corrected chi connectivity index (χ4v) is 1.53. The van der Waals surface area contributed by atoms with Crippen molar-refractivity contribution in [3.63, 3.8) is 0 Å². The summed E-state index contributed by atoms with van der Waals surface area (Å²) in [6, 6.07) is 6.68. The highest BCUT2D eigenvalue weighted by molar-refractivity contribution is 5.87. The number of carboxylic acid groups (broad SMARTS) is 1. The first-order chi connectivity index (χ1) is 10.3. The normalized spacial score (nSPS) is 10.7. The summed E-state index contributed by atoms with van der Waals surface area (Å²) in [6.45, 7) is 2.92. The molecule has 2 aromatic rings. The van der Waals surface area contributed by atoms with Crippen molar-refractivity contribution in [2.45, 2.75) is 25.9 Å². The number of H-pyrrole nitrogens is 1. The minimum atomic E-state index is -1.35. The van der Waals surface area contributed by atoms with Gasteiger partial charge in [0, 0.05) is 12.0 Å². The summed E-state index contributed by atoms with van der Waals surface area (Å²) in [6.07, 6.45) is 0.116. The van der Waals surface area contributed by atoms with E-state index in [9.17, 15) is 9.18 Å². The van der Waals surface area contributed by atoms with Gasteiger partial charge in [0.05, 0.1) is 0 Å². The number of hydrogen-bond acceptors (Lipinski definition) is 4. The Bertz CT molecular complexity index is 738. The van der Waals surface area contributed by atoms with Crippen molar-refractivity contribution in [3.8, 4) is 23.5 Å². The zero-order chi connectivity index (χ0) is 16.2. The summed E-state index contributed by atoms with van der Waals surface area (Å²) in [7, 11) is 0. The van der Waals surface area contributed by atoms with Gasteiger partial charge in [-0.15, -0.1) is 0 Å². The molecule has 0 fully saturated rings. The molecule has 6 nitrogen and oxygen atoms in total. The molecule has 7 heteroatoms. The zero-order valence-electron chi connectivity index (χ0n) is 12.1. The van der Waals surface area contributed by atoms with Gasteiger partial charge < -0.3 is 9.84 Å². The number of ether oxygens (including phenoxy) is 1. The van der Waals surface area contributed by atoms with Crippen LogP contribution in [0.3, 0.4) is 0 Å². The van der Waals surface area contributed by atoms with Crippen LogP contribution in [0.4, 0.5) is 4.39 Å². The lowest BCUT2D eigenvalue weighted by Crippen LogP contribution is -2.09. The molecule has 0 radical (unpaired) electrons. The smallest absolute Gasteiger partial charge is 0.359 e. The van der Waals surface area contributed by atoms with Crippen molar-refractivity contribution in [1.82, 2.24) is 15.4 Å². The Morgan fingerprint density at radius 3 is 2.95 bits per heavy atom. The van der Waals surface area contributed by atoms with Crippen LogP contribution in [0.2, 0.25) is 0 Å². The molecule has 1 aromatic carbocycles. The minimum Gasteiger partial charge on any atom is -0.476 e. The van der Waals surface area contributed by atoms with E-state index >= 15 is 0 Å². The Kier molecular flexibility index (Phi) is 4.41. The number of nitrogens with one attached hydrogen (secondary N) is 1. The molecule has 0 aliphatic heterocycles. The fourth-order valence-electron chi connectivity index (χ4n) is 1.53. The number of carboxylic acids is 1. The van der Waals surface area contributed by atoms with Crippen LogP contribution in [0.5, 0.6) is 11.6 Å². The number of aromatic carboxylic acids is 1. The maximum Gasteiger partial charge on any atom is 0.359 e. The van der Waals surface area contributed by atoms with E-state index in [1.807, 2.05) is 0 Å². The number of hydrogen-bond donors (Lipinski definition) is 2. The van der Waals surface area contributed by atoms with Crippen LogP contribution in [0.1, 0.15) is 36.3 Å². The first-order valence-electron chi connectivity index (χ1n) is 6.45. The second-order valence-electron chi connectivity index (χ2n) is 5.12. The number of aromatic amines is 1. The van der Waals surface area contributed by atoms with E-state index in [2.05, 4.69) is 27.3 Å². The van der Waals surface area contributed by atoms with Crippen molar-refractivity contribution in [2.75, 3.05) is 0 Å². The standard InChI is InChI=1S/C15H14FN3O3/c1-15(2,16)8-4-6-10-5-3-7-11(9-10)22-13-12(14(20)21)17-19-18-13/h3,5,7,9H,8H2,1-2H3,(H,20,21)(H,17,18,19). The first kappa shape index (κ1) is 15.5. The lowest BCUT2D eigenvalue weighted by molar-refractivity contribution is 0.0687. The SMILES string of the molecule is CC(C)(F)CC#Cc1cccc(Oc2nn[nH]c2C(=O)O)c1. The Hall–Kier alpha value is -2.88. The molecule has 0 spiro atoms. The molecule has 2 N–H and O–H groups in total. The Labute approximate surface area is 126 Å². The third-order valence-electron chi connectivity index (χ3n) is 2.52. The predicted octanol–water partition coefficient (Wildman–Crippen LogP) is 2.78. The summed E-state index contributed by atoms with van der Waals surface area (Å²) in [5, 5.41) is 18.1. The maximum absolute atomic E-state index is 13.3. The van der Waals surface area contributed by atoms with Gasteiger partial charge in [0.15, 0.2) is 0 Å². The Balaban J connectivity index is 2.15. The third-order valence-corrected chi connectivity index (χ3v) is 2.52. The van der Waals surface area contributed by atoms with Crippen molar-refractivity contribution < 1.29 is 19.0 Å². The van der Waals surface area contributed by atoms with Crippen LogP contribution in [-0.2, 0) is 0 Å². The van der Waals surface area contributed by atoms with Gasteiger partial charge in [0.25, 0.3) is 5.88 Å². The van der Waals surface area contributed by atoms with Gasteiger partial charge in [-0.05, 0) is 32.0 Å². The second kappa shape index (κ2) is 6.26. The molecule has 0 bridgehead atoms. The number of aromatic nitrogens is 3. The zero-order valence-corrected chi connectivity index (χ0v) is 12.1. The van der Waals surface area contributed by atoms with Gasteiger partial charge in [-0.25, -0.2) is 14.3 Å². The molecular weight excluding hydrogens is 289 g/mol. The van der Waals surface area contributed by atoms with Crippen molar-refractivity contribution in [2.24, 2.45) is 0 Å². The summed E-state index contributed by atoms with van der Waals surface area (Å²) in [5.74, 6) is 4.58. The summed E-state index contributed by atoms with van der Waals surface area (Å²) in [4.78, 5) is 10.9. The van der Waals surface area contributed by atoms with Crippen LogP contribution >= 0.6 is 0 Å². The molecule has 0 aliphatic carbocycles. The van der Waals surface area contributed by atoms with Crippen molar-refractivity contribution in [3.05, 3.63) is 35.5 Å². The molecule has 0 atom stereocenters. The molecule has 114 valence electrons.